The molecule has 2 aliphatic rings. The molecular formula is C9H14N2O3. The number of carbonyl (C=O) groups excluding carboxylic acids is 1. The van der Waals surface area contributed by atoms with Crippen molar-refractivity contribution in [2.75, 3.05) is 0 Å². The fourth-order valence-electron chi connectivity index (χ4n) is 2.80. The van der Waals surface area contributed by atoms with Crippen LogP contribution in [0.15, 0.2) is 0 Å². The van der Waals surface area contributed by atoms with Gasteiger partial charge in [0.15, 0.2) is 0 Å². The van der Waals surface area contributed by atoms with Gasteiger partial charge in [-0.3, -0.25) is 4.79 Å². The van der Waals surface area contributed by atoms with Crippen molar-refractivity contribution in [2.24, 2.45) is 5.41 Å². The second kappa shape index (κ2) is 3.15. The summed E-state index contributed by atoms with van der Waals surface area (Å²) >= 11 is 0. The Balaban J connectivity index is 1.69. The smallest absolute Gasteiger partial charge is 0.404 e. The fraction of sp³-hybridized carbons (Fsp3) is 0.778. The Labute approximate surface area is 81.9 Å². The van der Waals surface area contributed by atoms with Crippen molar-refractivity contribution in [3.05, 3.63) is 0 Å². The Bertz CT molecular complexity index is 253. The van der Waals surface area contributed by atoms with E-state index in [1.54, 1.807) is 0 Å². The van der Waals surface area contributed by atoms with Crippen LogP contribution < -0.4 is 10.6 Å². The second-order valence-electron chi connectivity index (χ2n) is 4.44. The maximum Gasteiger partial charge on any atom is 0.404 e. The van der Waals surface area contributed by atoms with Crippen LogP contribution in [0, 0.1) is 5.41 Å². The molecular weight excluding hydrogens is 184 g/mol. The minimum absolute atomic E-state index is 0.129. The number of carbonyl (C=O) groups is 2. The molecule has 0 saturated heterocycles. The topological polar surface area (TPSA) is 78.4 Å². The largest absolute Gasteiger partial charge is 0.465 e. The molecule has 0 heterocycles. The fourth-order valence-corrected chi connectivity index (χ4v) is 2.80. The Morgan fingerprint density at radius 3 is 2.36 bits per heavy atom. The van der Waals surface area contributed by atoms with Crippen molar-refractivity contribution in [1.82, 2.24) is 10.6 Å². The molecule has 3 N–H and O–H groups in total. The molecule has 2 fully saturated rings. The van der Waals surface area contributed by atoms with E-state index in [-0.39, 0.29) is 6.04 Å². The third kappa shape index (κ3) is 1.54. The van der Waals surface area contributed by atoms with Crippen molar-refractivity contribution < 1.29 is 14.7 Å². The van der Waals surface area contributed by atoms with Crippen molar-refractivity contribution in [2.45, 2.75) is 37.8 Å². The van der Waals surface area contributed by atoms with Gasteiger partial charge < -0.3 is 15.7 Å². The molecule has 0 aliphatic heterocycles. The van der Waals surface area contributed by atoms with Gasteiger partial charge in [0.1, 0.15) is 0 Å². The molecule has 78 valence electrons. The molecule has 0 aromatic rings. The Morgan fingerprint density at radius 1 is 1.29 bits per heavy atom. The van der Waals surface area contributed by atoms with Crippen molar-refractivity contribution in [3.8, 4) is 0 Å². The van der Waals surface area contributed by atoms with Crippen LogP contribution in [0.4, 0.5) is 4.79 Å². The van der Waals surface area contributed by atoms with Gasteiger partial charge in [0.05, 0.1) is 0 Å². The summed E-state index contributed by atoms with van der Waals surface area (Å²) in [7, 11) is 0. The van der Waals surface area contributed by atoms with E-state index in [0.717, 1.165) is 32.1 Å². The predicted octanol–water partition coefficient (Wildman–Crippen LogP) is 0.311. The SMILES string of the molecule is O=CNC1CC2(C1)CC(NC(=O)O)C2. The molecule has 2 amide bonds. The van der Waals surface area contributed by atoms with Crippen LogP contribution in [0.5, 0.6) is 0 Å². The van der Waals surface area contributed by atoms with Gasteiger partial charge in [-0.15, -0.1) is 0 Å². The maximum absolute atomic E-state index is 10.3. The third-order valence-electron chi connectivity index (χ3n) is 3.35. The first-order chi connectivity index (χ1) is 6.63. The summed E-state index contributed by atoms with van der Waals surface area (Å²) in [5.41, 5.74) is 0.327. The minimum Gasteiger partial charge on any atom is -0.465 e. The molecule has 5 heteroatoms. The van der Waals surface area contributed by atoms with Crippen LogP contribution in [0.25, 0.3) is 0 Å². The summed E-state index contributed by atoms with van der Waals surface area (Å²) < 4.78 is 0. The predicted molar refractivity (Wildman–Crippen MR) is 48.8 cm³/mol. The van der Waals surface area contributed by atoms with E-state index in [4.69, 9.17) is 5.11 Å². The first-order valence-corrected chi connectivity index (χ1v) is 4.83. The third-order valence-corrected chi connectivity index (χ3v) is 3.35. The van der Waals surface area contributed by atoms with Gasteiger partial charge in [-0.05, 0) is 31.1 Å². The lowest BCUT2D eigenvalue weighted by Gasteiger charge is -2.57. The van der Waals surface area contributed by atoms with Crippen molar-refractivity contribution in [1.29, 1.82) is 0 Å². The lowest BCUT2D eigenvalue weighted by Crippen LogP contribution is -2.60. The van der Waals surface area contributed by atoms with E-state index < -0.39 is 6.09 Å². The van der Waals surface area contributed by atoms with Gasteiger partial charge in [0, 0.05) is 12.1 Å². The van der Waals surface area contributed by atoms with Crippen LogP contribution in [0.1, 0.15) is 25.7 Å². The number of hydrogen-bond donors (Lipinski definition) is 3. The van der Waals surface area contributed by atoms with Crippen molar-refractivity contribution >= 4 is 12.5 Å². The average molecular weight is 198 g/mol. The molecule has 0 unspecified atom stereocenters. The molecule has 0 atom stereocenters. The summed E-state index contributed by atoms with van der Waals surface area (Å²) in [5.74, 6) is 0. The van der Waals surface area contributed by atoms with Gasteiger partial charge in [0.2, 0.25) is 6.41 Å². The van der Waals surface area contributed by atoms with E-state index in [1.807, 2.05) is 0 Å². The minimum atomic E-state index is -0.938. The van der Waals surface area contributed by atoms with E-state index in [9.17, 15) is 9.59 Å². The Kier molecular flexibility index (Phi) is 2.09. The van der Waals surface area contributed by atoms with E-state index in [1.165, 1.54) is 0 Å². The molecule has 1 spiro atoms. The molecule has 14 heavy (non-hydrogen) atoms. The van der Waals surface area contributed by atoms with Gasteiger partial charge in [-0.2, -0.15) is 0 Å². The van der Waals surface area contributed by atoms with Crippen molar-refractivity contribution in [3.63, 3.8) is 0 Å². The zero-order valence-electron chi connectivity index (χ0n) is 7.82. The molecule has 2 aliphatic carbocycles. The van der Waals surface area contributed by atoms with E-state index in [2.05, 4.69) is 10.6 Å². The number of carboxylic acid groups (broad SMARTS) is 1. The molecule has 0 aromatic heterocycles. The summed E-state index contributed by atoms with van der Waals surface area (Å²) in [4.78, 5) is 20.5. The Hall–Kier alpha value is -1.26. The van der Waals surface area contributed by atoms with E-state index >= 15 is 0 Å². The molecule has 0 radical (unpaired) electrons. The van der Waals surface area contributed by atoms with Gasteiger partial charge in [0.25, 0.3) is 0 Å². The average Bonchev–Trinajstić information content (AvgIpc) is 1.95. The number of amides is 2. The first kappa shape index (κ1) is 9.30. The summed E-state index contributed by atoms with van der Waals surface area (Å²) in [6.07, 6.45) is 3.66. The van der Waals surface area contributed by atoms with Crippen LogP contribution in [0.3, 0.4) is 0 Å². The molecule has 5 nitrogen and oxygen atoms in total. The lowest BCUT2D eigenvalue weighted by molar-refractivity contribution is -0.113. The zero-order valence-corrected chi connectivity index (χ0v) is 7.82. The van der Waals surface area contributed by atoms with Crippen LogP contribution in [-0.2, 0) is 4.79 Å². The summed E-state index contributed by atoms with van der Waals surface area (Å²) in [6, 6.07) is 0.447. The monoisotopic (exact) mass is 198 g/mol. The lowest BCUT2D eigenvalue weighted by atomic mass is 9.52. The van der Waals surface area contributed by atoms with Gasteiger partial charge in [-0.25, -0.2) is 4.79 Å². The molecule has 2 rings (SSSR count). The quantitative estimate of drug-likeness (QED) is 0.571. The highest BCUT2D eigenvalue weighted by molar-refractivity contribution is 5.65. The van der Waals surface area contributed by atoms with Crippen LogP contribution in [0.2, 0.25) is 0 Å². The second-order valence-corrected chi connectivity index (χ2v) is 4.44. The Morgan fingerprint density at radius 2 is 1.86 bits per heavy atom. The van der Waals surface area contributed by atoms with Crippen LogP contribution in [-0.4, -0.2) is 29.7 Å². The maximum atomic E-state index is 10.3. The first-order valence-electron chi connectivity index (χ1n) is 4.83. The van der Waals surface area contributed by atoms with Crippen LogP contribution >= 0.6 is 0 Å². The summed E-state index contributed by atoms with van der Waals surface area (Å²) in [6.45, 7) is 0. The highest BCUT2D eigenvalue weighted by atomic mass is 16.4. The zero-order chi connectivity index (χ0) is 10.2. The summed E-state index contributed by atoms with van der Waals surface area (Å²) in [5, 5.41) is 13.7. The molecule has 0 bridgehead atoms. The molecule has 2 saturated carbocycles. The normalized spacial score (nSPS) is 39.4. The highest BCUT2D eigenvalue weighted by Gasteiger charge is 2.53. The highest BCUT2D eigenvalue weighted by Crippen LogP contribution is 2.55. The van der Waals surface area contributed by atoms with Gasteiger partial charge in [-0.1, -0.05) is 0 Å². The number of nitrogens with one attached hydrogen (secondary N) is 2. The van der Waals surface area contributed by atoms with Gasteiger partial charge >= 0.3 is 6.09 Å². The molecule has 0 aromatic carbocycles. The number of rotatable bonds is 3. The standard InChI is InChI=1S/C9H14N2O3/c12-5-10-6-1-9(2-6)3-7(4-9)11-8(13)14/h5-7,11H,1-4H2,(H,10,12)(H,13,14). The number of hydrogen-bond acceptors (Lipinski definition) is 2. The van der Waals surface area contributed by atoms with E-state index in [0.29, 0.717) is 11.5 Å².